The molecule has 80 valence electrons. The molecule has 1 amide bonds. The van der Waals surface area contributed by atoms with Crippen LogP contribution in [0, 0.1) is 5.92 Å². The standard InChI is InChI=1S/C12H15NO2/c14-11-6-10(7-11)12(15)13-8-9-4-2-1-3-5-9/h1-5,10-11,14H,6-8H2,(H,13,15)/t10-,11+. The number of carbonyl (C=O) groups excluding carboxylic acids is 1. The quantitative estimate of drug-likeness (QED) is 0.775. The second kappa shape index (κ2) is 4.45. The van der Waals surface area contributed by atoms with E-state index in [1.54, 1.807) is 0 Å². The van der Waals surface area contributed by atoms with Crippen LogP contribution in [0.25, 0.3) is 0 Å². The van der Waals surface area contributed by atoms with Crippen molar-refractivity contribution in [3.05, 3.63) is 35.9 Å². The van der Waals surface area contributed by atoms with E-state index in [1.165, 1.54) is 0 Å². The Labute approximate surface area is 89.1 Å². The first-order valence-corrected chi connectivity index (χ1v) is 5.25. The van der Waals surface area contributed by atoms with Crippen molar-refractivity contribution in [3.63, 3.8) is 0 Å². The molecule has 0 spiro atoms. The van der Waals surface area contributed by atoms with E-state index in [0.29, 0.717) is 19.4 Å². The summed E-state index contributed by atoms with van der Waals surface area (Å²) in [6.07, 6.45) is 0.957. The molecule has 0 bridgehead atoms. The number of hydrogen-bond acceptors (Lipinski definition) is 2. The molecule has 0 unspecified atom stereocenters. The van der Waals surface area contributed by atoms with Crippen molar-refractivity contribution in [2.24, 2.45) is 5.92 Å². The molecule has 0 saturated heterocycles. The summed E-state index contributed by atoms with van der Waals surface area (Å²) in [6, 6.07) is 9.82. The molecule has 15 heavy (non-hydrogen) atoms. The largest absolute Gasteiger partial charge is 0.393 e. The van der Waals surface area contributed by atoms with Gasteiger partial charge in [0.2, 0.25) is 5.91 Å². The molecule has 1 aromatic carbocycles. The highest BCUT2D eigenvalue weighted by Crippen LogP contribution is 2.27. The number of nitrogens with one attached hydrogen (secondary N) is 1. The van der Waals surface area contributed by atoms with E-state index < -0.39 is 0 Å². The predicted molar refractivity (Wildman–Crippen MR) is 57.0 cm³/mol. The highest BCUT2D eigenvalue weighted by atomic mass is 16.3. The predicted octanol–water partition coefficient (Wildman–Crippen LogP) is 1.07. The summed E-state index contributed by atoms with van der Waals surface area (Å²) in [7, 11) is 0. The number of rotatable bonds is 3. The summed E-state index contributed by atoms with van der Waals surface area (Å²) in [6.45, 7) is 0.576. The highest BCUT2D eigenvalue weighted by Gasteiger charge is 2.32. The lowest BCUT2D eigenvalue weighted by Crippen LogP contribution is -2.40. The van der Waals surface area contributed by atoms with Gasteiger partial charge >= 0.3 is 0 Å². The molecular weight excluding hydrogens is 190 g/mol. The second-order valence-electron chi connectivity index (χ2n) is 4.03. The lowest BCUT2D eigenvalue weighted by molar-refractivity contribution is -0.131. The summed E-state index contributed by atoms with van der Waals surface area (Å²) in [4.78, 5) is 11.5. The Morgan fingerprint density at radius 3 is 2.60 bits per heavy atom. The molecule has 0 atom stereocenters. The summed E-state index contributed by atoms with van der Waals surface area (Å²) in [5.41, 5.74) is 1.10. The van der Waals surface area contributed by atoms with Crippen LogP contribution in [0.2, 0.25) is 0 Å². The van der Waals surface area contributed by atoms with Crippen LogP contribution < -0.4 is 5.32 Å². The second-order valence-corrected chi connectivity index (χ2v) is 4.03. The molecule has 3 nitrogen and oxygen atoms in total. The third-order valence-corrected chi connectivity index (χ3v) is 2.79. The SMILES string of the molecule is O=C(NCc1ccccc1)[C@H]1C[C@@H](O)C1. The van der Waals surface area contributed by atoms with Crippen LogP contribution in [-0.4, -0.2) is 17.1 Å². The van der Waals surface area contributed by atoms with Crippen molar-refractivity contribution >= 4 is 5.91 Å². The van der Waals surface area contributed by atoms with Crippen LogP contribution in [0.1, 0.15) is 18.4 Å². The van der Waals surface area contributed by atoms with E-state index in [-0.39, 0.29) is 17.9 Å². The van der Waals surface area contributed by atoms with Crippen LogP contribution in [-0.2, 0) is 11.3 Å². The molecule has 0 radical (unpaired) electrons. The molecule has 3 heteroatoms. The Morgan fingerprint density at radius 1 is 1.33 bits per heavy atom. The Kier molecular flexibility index (Phi) is 3.02. The fraction of sp³-hybridized carbons (Fsp3) is 0.417. The van der Waals surface area contributed by atoms with Gasteiger partial charge in [-0.05, 0) is 18.4 Å². The minimum atomic E-state index is -0.266. The van der Waals surface area contributed by atoms with E-state index in [0.717, 1.165) is 5.56 Å². The van der Waals surface area contributed by atoms with Gasteiger partial charge in [0.25, 0.3) is 0 Å². The average molecular weight is 205 g/mol. The Morgan fingerprint density at radius 2 is 2.00 bits per heavy atom. The number of carbonyl (C=O) groups is 1. The Bertz CT molecular complexity index is 331. The van der Waals surface area contributed by atoms with Gasteiger partial charge in [-0.15, -0.1) is 0 Å². The van der Waals surface area contributed by atoms with E-state index in [1.807, 2.05) is 30.3 Å². The van der Waals surface area contributed by atoms with Crippen LogP contribution in [0.3, 0.4) is 0 Å². The normalized spacial score (nSPS) is 24.3. The lowest BCUT2D eigenvalue weighted by atomic mass is 9.82. The molecular formula is C12H15NO2. The third-order valence-electron chi connectivity index (χ3n) is 2.79. The molecule has 0 aromatic heterocycles. The Balaban J connectivity index is 1.76. The van der Waals surface area contributed by atoms with Crippen LogP contribution in [0.5, 0.6) is 0 Å². The summed E-state index contributed by atoms with van der Waals surface area (Å²) in [5, 5.41) is 11.9. The number of hydrogen-bond donors (Lipinski definition) is 2. The van der Waals surface area contributed by atoms with Gasteiger partial charge in [0.1, 0.15) is 0 Å². The smallest absolute Gasteiger partial charge is 0.223 e. The maximum atomic E-state index is 11.5. The van der Waals surface area contributed by atoms with Gasteiger partial charge in [-0.2, -0.15) is 0 Å². The zero-order valence-corrected chi connectivity index (χ0v) is 8.52. The van der Waals surface area contributed by atoms with E-state index in [4.69, 9.17) is 5.11 Å². The maximum absolute atomic E-state index is 11.5. The highest BCUT2D eigenvalue weighted by molar-refractivity contribution is 5.79. The molecule has 2 rings (SSSR count). The number of benzene rings is 1. The van der Waals surface area contributed by atoms with Gasteiger partial charge in [0.05, 0.1) is 6.10 Å². The molecule has 0 aliphatic heterocycles. The zero-order valence-electron chi connectivity index (χ0n) is 8.52. The topological polar surface area (TPSA) is 49.3 Å². The average Bonchev–Trinajstić information content (AvgIpc) is 2.23. The summed E-state index contributed by atoms with van der Waals surface area (Å²) >= 11 is 0. The van der Waals surface area contributed by atoms with E-state index in [9.17, 15) is 4.79 Å². The maximum Gasteiger partial charge on any atom is 0.223 e. The number of aliphatic hydroxyl groups excluding tert-OH is 1. The minimum absolute atomic E-state index is 0.0173. The lowest BCUT2D eigenvalue weighted by Gasteiger charge is -2.29. The van der Waals surface area contributed by atoms with Crippen LogP contribution in [0.15, 0.2) is 30.3 Å². The molecule has 1 aliphatic rings. The number of amides is 1. The first-order chi connectivity index (χ1) is 7.25. The van der Waals surface area contributed by atoms with Crippen LogP contribution >= 0.6 is 0 Å². The molecule has 1 fully saturated rings. The first kappa shape index (κ1) is 10.2. The Hall–Kier alpha value is -1.35. The van der Waals surface area contributed by atoms with E-state index >= 15 is 0 Å². The first-order valence-electron chi connectivity index (χ1n) is 5.25. The van der Waals surface area contributed by atoms with Gasteiger partial charge in [-0.1, -0.05) is 30.3 Å². The van der Waals surface area contributed by atoms with Gasteiger partial charge in [-0.3, -0.25) is 4.79 Å². The zero-order chi connectivity index (χ0) is 10.7. The molecule has 1 aromatic rings. The molecule has 1 saturated carbocycles. The summed E-state index contributed by atoms with van der Waals surface area (Å²) < 4.78 is 0. The van der Waals surface area contributed by atoms with Crippen LogP contribution in [0.4, 0.5) is 0 Å². The number of aliphatic hydroxyl groups is 1. The van der Waals surface area contributed by atoms with Crippen molar-refractivity contribution in [3.8, 4) is 0 Å². The molecule has 2 N–H and O–H groups in total. The fourth-order valence-corrected chi connectivity index (χ4v) is 1.73. The van der Waals surface area contributed by atoms with Gasteiger partial charge in [-0.25, -0.2) is 0 Å². The minimum Gasteiger partial charge on any atom is -0.393 e. The fourth-order valence-electron chi connectivity index (χ4n) is 1.73. The van der Waals surface area contributed by atoms with E-state index in [2.05, 4.69) is 5.32 Å². The summed E-state index contributed by atoms with van der Waals surface area (Å²) in [5.74, 6) is 0.0767. The van der Waals surface area contributed by atoms with Gasteiger partial charge < -0.3 is 10.4 Å². The monoisotopic (exact) mass is 205 g/mol. The van der Waals surface area contributed by atoms with Crippen molar-refractivity contribution < 1.29 is 9.90 Å². The van der Waals surface area contributed by atoms with Crippen molar-refractivity contribution in [1.82, 2.24) is 5.32 Å². The molecule has 0 heterocycles. The van der Waals surface area contributed by atoms with Gasteiger partial charge in [0, 0.05) is 12.5 Å². The third kappa shape index (κ3) is 2.57. The van der Waals surface area contributed by atoms with Crippen molar-refractivity contribution in [1.29, 1.82) is 0 Å². The molecule has 1 aliphatic carbocycles. The van der Waals surface area contributed by atoms with Crippen molar-refractivity contribution in [2.75, 3.05) is 0 Å². The van der Waals surface area contributed by atoms with Crippen molar-refractivity contribution in [2.45, 2.75) is 25.5 Å². The van der Waals surface area contributed by atoms with Gasteiger partial charge in [0.15, 0.2) is 0 Å².